The molecule has 6 nitrogen and oxygen atoms in total. The highest BCUT2D eigenvalue weighted by molar-refractivity contribution is 5.91. The van der Waals surface area contributed by atoms with Crippen molar-refractivity contribution in [2.24, 2.45) is 0 Å². The van der Waals surface area contributed by atoms with E-state index in [1.165, 1.54) is 5.56 Å². The highest BCUT2D eigenvalue weighted by Gasteiger charge is 2.25. The minimum atomic E-state index is 0.336. The van der Waals surface area contributed by atoms with Crippen molar-refractivity contribution in [2.75, 3.05) is 16.8 Å². The third-order valence-electron chi connectivity index (χ3n) is 4.60. The molecule has 3 heterocycles. The van der Waals surface area contributed by atoms with Crippen LogP contribution in [0.5, 0.6) is 0 Å². The molecule has 124 valence electrons. The lowest BCUT2D eigenvalue weighted by Crippen LogP contribution is -2.30. The lowest BCUT2D eigenvalue weighted by Gasteiger charge is -2.28. The first kappa shape index (κ1) is 14.9. The molecule has 0 fully saturated rings. The number of H-pyrrole nitrogens is 1. The summed E-state index contributed by atoms with van der Waals surface area (Å²) in [6, 6.07) is 10.8. The van der Waals surface area contributed by atoms with Gasteiger partial charge in [-0.2, -0.15) is 15.1 Å². The van der Waals surface area contributed by atoms with Gasteiger partial charge in [0.15, 0.2) is 5.65 Å². The van der Waals surface area contributed by atoms with Crippen LogP contribution in [-0.2, 0) is 13.0 Å². The van der Waals surface area contributed by atoms with Crippen molar-refractivity contribution in [2.45, 2.75) is 39.3 Å². The van der Waals surface area contributed by atoms with Gasteiger partial charge in [0.2, 0.25) is 5.95 Å². The molecule has 24 heavy (non-hydrogen) atoms. The number of nitrogens with one attached hydrogen (secondary N) is 2. The quantitative estimate of drug-likeness (QED) is 0.755. The zero-order valence-corrected chi connectivity index (χ0v) is 14.1. The van der Waals surface area contributed by atoms with Gasteiger partial charge < -0.3 is 10.2 Å². The van der Waals surface area contributed by atoms with Gasteiger partial charge in [-0.3, -0.25) is 5.10 Å². The molecular formula is C18H22N6. The van der Waals surface area contributed by atoms with Crippen molar-refractivity contribution in [3.8, 4) is 0 Å². The molecule has 4 rings (SSSR count). The molecule has 0 saturated heterocycles. The van der Waals surface area contributed by atoms with E-state index in [2.05, 4.69) is 63.5 Å². The molecule has 6 heteroatoms. The number of benzene rings is 1. The van der Waals surface area contributed by atoms with E-state index < -0.39 is 0 Å². The first-order valence-corrected chi connectivity index (χ1v) is 8.55. The molecule has 3 aromatic rings. The maximum Gasteiger partial charge on any atom is 0.226 e. The van der Waals surface area contributed by atoms with E-state index >= 15 is 0 Å². The number of aromatic nitrogens is 4. The third-order valence-corrected chi connectivity index (χ3v) is 4.60. The molecule has 0 radical (unpaired) electrons. The lowest BCUT2D eigenvalue weighted by atomic mass is 10.1. The fourth-order valence-electron chi connectivity index (χ4n) is 3.07. The first-order valence-electron chi connectivity index (χ1n) is 8.55. The van der Waals surface area contributed by atoms with Crippen LogP contribution in [0.3, 0.4) is 0 Å². The van der Waals surface area contributed by atoms with Crippen LogP contribution in [0.2, 0.25) is 0 Å². The second-order valence-electron chi connectivity index (χ2n) is 6.38. The molecule has 1 unspecified atom stereocenters. The Hall–Kier alpha value is -2.63. The molecule has 0 spiro atoms. The predicted molar refractivity (Wildman–Crippen MR) is 96.3 cm³/mol. The van der Waals surface area contributed by atoms with E-state index in [9.17, 15) is 0 Å². The summed E-state index contributed by atoms with van der Waals surface area (Å²) in [5.74, 6) is 1.65. The van der Waals surface area contributed by atoms with Crippen molar-refractivity contribution >= 4 is 22.8 Å². The van der Waals surface area contributed by atoms with Crippen LogP contribution in [0.25, 0.3) is 11.0 Å². The van der Waals surface area contributed by atoms with Gasteiger partial charge in [-0.25, -0.2) is 0 Å². The topological polar surface area (TPSA) is 69.7 Å². The molecule has 0 amide bonds. The smallest absolute Gasteiger partial charge is 0.226 e. The number of hydrogen-bond acceptors (Lipinski definition) is 5. The van der Waals surface area contributed by atoms with E-state index in [0.29, 0.717) is 12.0 Å². The largest absolute Gasteiger partial charge is 0.352 e. The fraction of sp³-hybridized carbons (Fsp3) is 0.389. The van der Waals surface area contributed by atoms with Crippen LogP contribution in [0.1, 0.15) is 31.5 Å². The van der Waals surface area contributed by atoms with Crippen LogP contribution >= 0.6 is 0 Å². The van der Waals surface area contributed by atoms with Crippen LogP contribution < -0.4 is 10.2 Å². The van der Waals surface area contributed by atoms with Crippen molar-refractivity contribution in [1.29, 1.82) is 0 Å². The predicted octanol–water partition coefficient (Wildman–Crippen LogP) is 3.13. The average molecular weight is 322 g/mol. The summed E-state index contributed by atoms with van der Waals surface area (Å²) in [5.41, 5.74) is 3.17. The van der Waals surface area contributed by atoms with E-state index in [0.717, 1.165) is 48.5 Å². The standard InChI is InChI=1S/C18H22N6/c1-3-12(2)19-18-20-16-15-14(22-23-16)9-10-24(17(15)21-18)11-13-7-5-4-6-8-13/h4-8,12H,3,9-11H2,1-2H3,(H2,19,20,21,22,23). The Bertz CT molecular complexity index is 841. The Morgan fingerprint density at radius 2 is 2.08 bits per heavy atom. The van der Waals surface area contributed by atoms with Crippen LogP contribution in [-0.4, -0.2) is 32.8 Å². The Morgan fingerprint density at radius 3 is 2.88 bits per heavy atom. The summed E-state index contributed by atoms with van der Waals surface area (Å²) in [5, 5.41) is 11.9. The van der Waals surface area contributed by atoms with Gasteiger partial charge in [-0.05, 0) is 18.9 Å². The first-order chi connectivity index (χ1) is 11.7. The van der Waals surface area contributed by atoms with Gasteiger partial charge in [0.1, 0.15) is 5.82 Å². The maximum atomic E-state index is 4.81. The molecule has 2 aromatic heterocycles. The fourth-order valence-corrected chi connectivity index (χ4v) is 3.07. The minimum Gasteiger partial charge on any atom is -0.352 e. The van der Waals surface area contributed by atoms with E-state index in [4.69, 9.17) is 4.98 Å². The highest BCUT2D eigenvalue weighted by atomic mass is 15.3. The number of aromatic amines is 1. The SMILES string of the molecule is CCC(C)Nc1nc2c3c(n[nH]c3n1)CCN2Cc1ccccc1. The van der Waals surface area contributed by atoms with Crippen LogP contribution in [0.15, 0.2) is 30.3 Å². The van der Waals surface area contributed by atoms with E-state index in [-0.39, 0.29) is 0 Å². The van der Waals surface area contributed by atoms with Crippen LogP contribution in [0.4, 0.5) is 11.8 Å². The summed E-state index contributed by atoms with van der Waals surface area (Å²) in [6.07, 6.45) is 1.94. The van der Waals surface area contributed by atoms with Gasteiger partial charge in [-0.15, -0.1) is 0 Å². The molecular weight excluding hydrogens is 300 g/mol. The zero-order chi connectivity index (χ0) is 16.5. The van der Waals surface area contributed by atoms with Gasteiger partial charge in [-0.1, -0.05) is 37.3 Å². The van der Waals surface area contributed by atoms with Gasteiger partial charge in [0.25, 0.3) is 0 Å². The monoisotopic (exact) mass is 322 g/mol. The maximum absolute atomic E-state index is 4.81. The Balaban J connectivity index is 1.73. The Kier molecular flexibility index (Phi) is 3.80. The third kappa shape index (κ3) is 2.68. The average Bonchev–Trinajstić information content (AvgIpc) is 3.02. The molecule has 1 aliphatic heterocycles. The summed E-state index contributed by atoms with van der Waals surface area (Å²) >= 11 is 0. The van der Waals surface area contributed by atoms with Gasteiger partial charge in [0, 0.05) is 25.6 Å². The Morgan fingerprint density at radius 1 is 1.25 bits per heavy atom. The number of anilines is 2. The van der Waals surface area contributed by atoms with Crippen molar-refractivity contribution in [1.82, 2.24) is 20.2 Å². The lowest BCUT2D eigenvalue weighted by molar-refractivity contribution is 0.736. The molecule has 2 N–H and O–H groups in total. The van der Waals surface area contributed by atoms with Gasteiger partial charge >= 0.3 is 0 Å². The van der Waals surface area contributed by atoms with Gasteiger partial charge in [0.05, 0.1) is 11.1 Å². The highest BCUT2D eigenvalue weighted by Crippen LogP contribution is 2.32. The normalized spacial score (nSPS) is 14.8. The summed E-state index contributed by atoms with van der Waals surface area (Å²) < 4.78 is 0. The summed E-state index contributed by atoms with van der Waals surface area (Å²) in [7, 11) is 0. The van der Waals surface area contributed by atoms with Crippen molar-refractivity contribution in [3.63, 3.8) is 0 Å². The zero-order valence-electron chi connectivity index (χ0n) is 14.1. The molecule has 1 aromatic carbocycles. The molecule has 1 aliphatic rings. The summed E-state index contributed by atoms with van der Waals surface area (Å²) in [6.45, 7) is 6.05. The minimum absolute atomic E-state index is 0.336. The van der Waals surface area contributed by atoms with E-state index in [1.807, 2.05) is 6.07 Å². The Labute approximate surface area is 141 Å². The molecule has 1 atom stereocenters. The van der Waals surface area contributed by atoms with E-state index in [1.54, 1.807) is 0 Å². The van der Waals surface area contributed by atoms with Crippen molar-refractivity contribution in [3.05, 3.63) is 41.6 Å². The van der Waals surface area contributed by atoms with Crippen LogP contribution in [0, 0.1) is 0 Å². The summed E-state index contributed by atoms with van der Waals surface area (Å²) in [4.78, 5) is 11.7. The number of rotatable bonds is 5. The second-order valence-corrected chi connectivity index (χ2v) is 6.38. The molecule has 0 bridgehead atoms. The second kappa shape index (κ2) is 6.11. The molecule has 0 saturated carbocycles. The van der Waals surface area contributed by atoms with Crippen molar-refractivity contribution < 1.29 is 0 Å². The molecule has 0 aliphatic carbocycles. The number of hydrogen-bond donors (Lipinski definition) is 2. The number of nitrogens with zero attached hydrogens (tertiary/aromatic N) is 4.